The van der Waals surface area contributed by atoms with Crippen LogP contribution >= 0.6 is 15.9 Å². The van der Waals surface area contributed by atoms with Crippen LogP contribution in [0.15, 0.2) is 81.9 Å². The van der Waals surface area contributed by atoms with E-state index in [2.05, 4.69) is 131 Å². The lowest BCUT2D eigenvalue weighted by molar-refractivity contribution is -0.0798. The second-order valence-electron chi connectivity index (χ2n) is 15.9. The van der Waals surface area contributed by atoms with Crippen molar-refractivity contribution in [2.75, 3.05) is 4.90 Å². The summed E-state index contributed by atoms with van der Waals surface area (Å²) < 4.78 is 8.43. The van der Waals surface area contributed by atoms with Gasteiger partial charge in [-0.15, -0.1) is 0 Å². The molecule has 224 valence electrons. The van der Waals surface area contributed by atoms with Crippen molar-refractivity contribution in [1.29, 1.82) is 10.5 Å². The molecule has 1 aromatic carbocycles. The van der Waals surface area contributed by atoms with Gasteiger partial charge in [0.1, 0.15) is 6.10 Å². The van der Waals surface area contributed by atoms with Crippen molar-refractivity contribution in [1.82, 2.24) is 0 Å². The molecule has 7 unspecified atom stereocenters. The third-order valence-electron chi connectivity index (χ3n) is 10.8. The van der Waals surface area contributed by atoms with Crippen LogP contribution in [0.25, 0.3) is 0 Å². The van der Waals surface area contributed by atoms with E-state index in [1.165, 1.54) is 11.1 Å². The van der Waals surface area contributed by atoms with Gasteiger partial charge in [-0.2, -0.15) is 10.5 Å². The number of hydrogen-bond acceptors (Lipinski definition) is 4. The molecule has 1 saturated carbocycles. The summed E-state index contributed by atoms with van der Waals surface area (Å²) in [4.78, 5) is 2.61. The molecule has 0 bridgehead atoms. The predicted molar refractivity (Wildman–Crippen MR) is 177 cm³/mol. The molecule has 7 atom stereocenters. The first-order valence-electron chi connectivity index (χ1n) is 15.7. The summed E-state index contributed by atoms with van der Waals surface area (Å²) in [6.07, 6.45) is 15.5. The lowest BCUT2D eigenvalue weighted by Gasteiger charge is -2.57. The maximum atomic E-state index is 9.66. The van der Waals surface area contributed by atoms with Crippen LogP contribution in [0.3, 0.4) is 0 Å². The monoisotopic (exact) mass is 637 g/mol. The number of allylic oxidation sites excluding steroid dienone is 5. The number of anilines is 1. The molecule has 5 aliphatic rings. The topological polar surface area (TPSA) is 60.0 Å². The first-order valence-corrected chi connectivity index (χ1v) is 16.5. The van der Waals surface area contributed by atoms with Crippen LogP contribution in [0.5, 0.6) is 0 Å². The zero-order chi connectivity index (χ0) is 31.1. The Kier molecular flexibility index (Phi) is 7.08. The van der Waals surface area contributed by atoms with Gasteiger partial charge in [0, 0.05) is 27.6 Å². The van der Waals surface area contributed by atoms with Crippen molar-refractivity contribution < 1.29 is 4.74 Å². The number of benzene rings is 1. The van der Waals surface area contributed by atoms with Crippen molar-refractivity contribution in [3.05, 3.63) is 87.5 Å². The van der Waals surface area contributed by atoms with E-state index >= 15 is 0 Å². The summed E-state index contributed by atoms with van der Waals surface area (Å²) in [7, 11) is 0. The first kappa shape index (κ1) is 30.2. The molecule has 4 aliphatic carbocycles. The van der Waals surface area contributed by atoms with E-state index in [-0.39, 0.29) is 51.9 Å². The van der Waals surface area contributed by atoms with Gasteiger partial charge in [-0.1, -0.05) is 95.6 Å². The Morgan fingerprint density at radius 2 is 1.65 bits per heavy atom. The average molecular weight is 639 g/mol. The number of hydrogen-bond donors (Lipinski definition) is 0. The van der Waals surface area contributed by atoms with Crippen LogP contribution in [0.2, 0.25) is 0 Å². The number of rotatable bonds is 3. The number of ether oxygens (including phenoxy) is 1. The fourth-order valence-electron chi connectivity index (χ4n) is 7.91. The Morgan fingerprint density at radius 3 is 2.23 bits per heavy atom. The second kappa shape index (κ2) is 10.1. The Hall–Kier alpha value is -2.86. The molecule has 2 fully saturated rings. The normalized spacial score (nSPS) is 34.1. The smallest absolute Gasteiger partial charge is 0.100 e. The fourth-order valence-corrected chi connectivity index (χ4v) is 8.55. The van der Waals surface area contributed by atoms with Gasteiger partial charge in [-0.3, -0.25) is 0 Å². The molecular weight excluding hydrogens is 594 g/mol. The number of fused-ring (bicyclic) bond motifs is 3. The van der Waals surface area contributed by atoms with Crippen LogP contribution in [0.1, 0.15) is 73.8 Å². The largest absolute Gasteiger partial charge is 0.363 e. The van der Waals surface area contributed by atoms with E-state index in [1.54, 1.807) is 0 Å². The van der Waals surface area contributed by atoms with Gasteiger partial charge in [0.2, 0.25) is 0 Å². The standard InChI is InChI=1S/C38H44BrN3O/c1-35(2,3)25-16-29-33(31(39)18-25)43-34-30(37(29,7)8)17-26(36(4,5)6)19-32(34)42(28-11-9-23(21-40)10-12-28)38-14-13-24(22-41)15-27(38)20-38/h9-18,26-27,29,32-34H,19-20H2,1-8H3. The molecule has 0 aromatic heterocycles. The number of nitrogens with zero attached hydrogens (tertiary/aromatic N) is 3. The van der Waals surface area contributed by atoms with E-state index in [0.717, 1.165) is 28.6 Å². The third-order valence-corrected chi connectivity index (χ3v) is 11.5. The molecular formula is C38H44BrN3O. The fraction of sp³-hybridized carbons (Fsp3) is 0.526. The highest BCUT2D eigenvalue weighted by Gasteiger charge is 2.62. The molecule has 4 nitrogen and oxygen atoms in total. The molecule has 1 aliphatic heterocycles. The van der Waals surface area contributed by atoms with Crippen molar-refractivity contribution in [2.24, 2.45) is 34.0 Å². The molecule has 1 saturated heterocycles. The van der Waals surface area contributed by atoms with Crippen LogP contribution in [-0.2, 0) is 4.74 Å². The van der Waals surface area contributed by atoms with Gasteiger partial charge in [0.15, 0.2) is 0 Å². The van der Waals surface area contributed by atoms with Gasteiger partial charge in [0.25, 0.3) is 0 Å². The van der Waals surface area contributed by atoms with Crippen LogP contribution in [0.4, 0.5) is 5.69 Å². The van der Waals surface area contributed by atoms with Crippen LogP contribution < -0.4 is 4.90 Å². The number of halogens is 1. The summed E-state index contributed by atoms with van der Waals surface area (Å²) in [6.45, 7) is 18.8. The van der Waals surface area contributed by atoms with E-state index in [1.807, 2.05) is 18.2 Å². The zero-order valence-electron chi connectivity index (χ0n) is 26.8. The minimum absolute atomic E-state index is 0.0456. The quantitative estimate of drug-likeness (QED) is 0.310. The Labute approximate surface area is 266 Å². The predicted octanol–water partition coefficient (Wildman–Crippen LogP) is 9.18. The molecule has 5 heteroatoms. The number of nitriles is 2. The van der Waals surface area contributed by atoms with Crippen molar-refractivity contribution >= 4 is 21.6 Å². The molecule has 1 heterocycles. The van der Waals surface area contributed by atoms with Crippen molar-refractivity contribution in [3.63, 3.8) is 0 Å². The molecule has 43 heavy (non-hydrogen) atoms. The SMILES string of the molecule is CC(C)(C)C1=CC2C(OC3C(=CC(C(C)(C)C)CC3N(c3ccc(C#N)cc3)C34C=CC(C#N)=CC3C4)C2(C)C)C(Br)=C1. The van der Waals surface area contributed by atoms with Gasteiger partial charge < -0.3 is 9.64 Å². The van der Waals surface area contributed by atoms with E-state index in [4.69, 9.17) is 4.74 Å². The maximum absolute atomic E-state index is 9.66. The minimum Gasteiger partial charge on any atom is -0.363 e. The van der Waals surface area contributed by atoms with Crippen molar-refractivity contribution in [2.45, 2.75) is 92.0 Å². The zero-order valence-corrected chi connectivity index (χ0v) is 28.4. The summed E-state index contributed by atoms with van der Waals surface area (Å²) in [5.74, 6) is 0.853. The van der Waals surface area contributed by atoms with E-state index < -0.39 is 0 Å². The van der Waals surface area contributed by atoms with Crippen LogP contribution in [-0.4, -0.2) is 23.8 Å². The van der Waals surface area contributed by atoms with Gasteiger partial charge in [0.05, 0.1) is 35.4 Å². The van der Waals surface area contributed by atoms with Gasteiger partial charge in [-0.05, 0) is 82.6 Å². The molecule has 1 aromatic rings. The summed E-state index contributed by atoms with van der Waals surface area (Å²) >= 11 is 3.98. The molecule has 0 spiro atoms. The van der Waals surface area contributed by atoms with Gasteiger partial charge in [-0.25, -0.2) is 0 Å². The summed E-state index contributed by atoms with van der Waals surface area (Å²) in [6, 6.07) is 12.8. The first-order chi connectivity index (χ1) is 20.1. The molecule has 0 amide bonds. The molecule has 0 N–H and O–H groups in total. The summed E-state index contributed by atoms with van der Waals surface area (Å²) in [5.41, 5.74) is 5.05. The lowest BCUT2D eigenvalue weighted by Crippen LogP contribution is -2.61. The van der Waals surface area contributed by atoms with E-state index in [9.17, 15) is 10.5 Å². The second-order valence-corrected chi connectivity index (χ2v) is 16.8. The highest BCUT2D eigenvalue weighted by molar-refractivity contribution is 9.11. The average Bonchev–Trinajstić information content (AvgIpc) is 3.67. The Balaban J connectivity index is 1.50. The lowest BCUT2D eigenvalue weighted by atomic mass is 9.59. The minimum atomic E-state index is -0.215. The van der Waals surface area contributed by atoms with Gasteiger partial charge >= 0.3 is 0 Å². The molecule has 6 rings (SSSR count). The maximum Gasteiger partial charge on any atom is 0.100 e. The summed E-state index contributed by atoms with van der Waals surface area (Å²) in [5, 5.41) is 19.2. The Bertz CT molecular complexity index is 1560. The highest BCUT2D eigenvalue weighted by atomic mass is 79.9. The molecule has 0 radical (unpaired) electrons. The third kappa shape index (κ3) is 4.98. The van der Waals surface area contributed by atoms with Crippen LogP contribution in [0, 0.1) is 56.7 Å². The Morgan fingerprint density at radius 1 is 0.953 bits per heavy atom. The van der Waals surface area contributed by atoms with Crippen molar-refractivity contribution in [3.8, 4) is 12.1 Å². The highest BCUT2D eigenvalue weighted by Crippen LogP contribution is 2.60. The van der Waals surface area contributed by atoms with E-state index in [0.29, 0.717) is 11.5 Å².